The maximum Gasteiger partial charge on any atom is 0.306 e. The fourth-order valence-corrected chi connectivity index (χ4v) is 10.1. The summed E-state index contributed by atoms with van der Waals surface area (Å²) in [5.74, 6) is -1.21. The van der Waals surface area contributed by atoms with Crippen molar-refractivity contribution >= 4 is 11.9 Å². The molecular weight excluding hydrogens is 1040 g/mol. The Bertz CT molecular complexity index is 1720. The summed E-state index contributed by atoms with van der Waals surface area (Å²) < 4.78 is 17.7. The third-order valence-corrected chi connectivity index (χ3v) is 15.5. The predicted octanol–water partition coefficient (Wildman–Crippen LogP) is 17.1. The van der Waals surface area contributed by atoms with Crippen molar-refractivity contribution in [2.75, 3.05) is 13.2 Å². The molecule has 11 nitrogen and oxygen atoms in total. The van der Waals surface area contributed by atoms with E-state index in [4.69, 9.17) is 14.2 Å². The minimum absolute atomic E-state index is 0.106. The molecule has 8 unspecified atom stereocenters. The molecule has 1 heterocycles. The van der Waals surface area contributed by atoms with Crippen molar-refractivity contribution in [1.29, 1.82) is 0 Å². The van der Waals surface area contributed by atoms with Gasteiger partial charge in [0.1, 0.15) is 24.4 Å². The van der Waals surface area contributed by atoms with E-state index >= 15 is 0 Å². The minimum Gasteiger partial charge on any atom is -0.454 e. The number of hydrogen-bond acceptors (Lipinski definition) is 10. The topological polar surface area (TPSA) is 175 Å². The first-order chi connectivity index (χ1) is 40.7. The van der Waals surface area contributed by atoms with Crippen molar-refractivity contribution in [3.05, 3.63) is 97.2 Å². The molecule has 1 saturated heterocycles. The van der Waals surface area contributed by atoms with E-state index in [0.717, 1.165) is 128 Å². The van der Waals surface area contributed by atoms with E-state index in [9.17, 15) is 35.1 Å². The van der Waals surface area contributed by atoms with Gasteiger partial charge in [0, 0.05) is 6.42 Å². The quantitative estimate of drug-likeness (QED) is 0.0195. The van der Waals surface area contributed by atoms with Crippen molar-refractivity contribution in [3.8, 4) is 0 Å². The zero-order chi connectivity index (χ0) is 60.3. The number of amides is 1. The Labute approximate surface area is 507 Å². The summed E-state index contributed by atoms with van der Waals surface area (Å²) in [7, 11) is 0. The largest absolute Gasteiger partial charge is 0.454 e. The molecule has 0 aromatic heterocycles. The number of rotatable bonds is 57. The minimum atomic E-state index is -1.63. The molecule has 0 bridgehead atoms. The van der Waals surface area contributed by atoms with Crippen molar-refractivity contribution < 1.29 is 49.3 Å². The van der Waals surface area contributed by atoms with Crippen LogP contribution in [0.15, 0.2) is 97.2 Å². The van der Waals surface area contributed by atoms with Crippen molar-refractivity contribution in [2.45, 2.75) is 333 Å². The van der Waals surface area contributed by atoms with E-state index in [1.807, 2.05) is 6.08 Å². The van der Waals surface area contributed by atoms with Gasteiger partial charge in [-0.15, -0.1) is 0 Å². The molecular formula is C72H125NO10. The smallest absolute Gasteiger partial charge is 0.306 e. The van der Waals surface area contributed by atoms with Crippen molar-refractivity contribution in [1.82, 2.24) is 5.32 Å². The summed E-state index contributed by atoms with van der Waals surface area (Å²) in [5.41, 5.74) is 0. The fourth-order valence-electron chi connectivity index (χ4n) is 10.1. The highest BCUT2D eigenvalue weighted by atomic mass is 16.7. The molecule has 1 rings (SSSR count). The Morgan fingerprint density at radius 2 is 0.831 bits per heavy atom. The molecule has 0 saturated carbocycles. The third kappa shape index (κ3) is 46.5. The number of ether oxygens (including phenoxy) is 3. The van der Waals surface area contributed by atoms with Gasteiger partial charge in [0.15, 0.2) is 12.4 Å². The van der Waals surface area contributed by atoms with E-state index in [1.54, 1.807) is 6.08 Å². The number of hydrogen-bond donors (Lipinski definition) is 6. The van der Waals surface area contributed by atoms with Gasteiger partial charge in [-0.1, -0.05) is 266 Å². The zero-order valence-electron chi connectivity index (χ0n) is 53.0. The van der Waals surface area contributed by atoms with Gasteiger partial charge in [-0.25, -0.2) is 0 Å². The number of unbranched alkanes of at least 4 members (excludes halogenated alkanes) is 29. The van der Waals surface area contributed by atoms with Crippen LogP contribution >= 0.6 is 0 Å². The highest BCUT2D eigenvalue weighted by Gasteiger charge is 2.47. The Hall–Kier alpha value is -3.42. The molecule has 6 N–H and O–H groups in total. The summed E-state index contributed by atoms with van der Waals surface area (Å²) in [6.45, 7) is 5.73. The zero-order valence-corrected chi connectivity index (χ0v) is 53.0. The molecule has 0 aliphatic carbocycles. The molecule has 1 aliphatic heterocycles. The number of carbonyl (C=O) groups excluding carboxylic acids is 2. The first-order valence-corrected chi connectivity index (χ1v) is 34.0. The van der Waals surface area contributed by atoms with Crippen LogP contribution in [0.25, 0.3) is 0 Å². The second kappa shape index (κ2) is 58.9. The number of nitrogens with one attached hydrogen (secondary N) is 1. The van der Waals surface area contributed by atoms with Crippen LogP contribution in [-0.2, 0) is 23.8 Å². The average molecular weight is 1160 g/mol. The molecule has 478 valence electrons. The van der Waals surface area contributed by atoms with Gasteiger partial charge < -0.3 is 45.1 Å². The van der Waals surface area contributed by atoms with Crippen LogP contribution in [0.5, 0.6) is 0 Å². The van der Waals surface area contributed by atoms with E-state index in [-0.39, 0.29) is 19.4 Å². The van der Waals surface area contributed by atoms with E-state index < -0.39 is 67.4 Å². The molecule has 8 atom stereocenters. The molecule has 0 radical (unpaired) electrons. The summed E-state index contributed by atoms with van der Waals surface area (Å²) in [4.78, 5) is 26.6. The van der Waals surface area contributed by atoms with Crippen LogP contribution in [-0.4, -0.2) is 99.6 Å². The normalized spacial score (nSPS) is 19.2. The first-order valence-electron chi connectivity index (χ1n) is 34.0. The number of aliphatic hydroxyl groups excluding tert-OH is 5. The molecule has 83 heavy (non-hydrogen) atoms. The van der Waals surface area contributed by atoms with Crippen LogP contribution in [0.1, 0.15) is 284 Å². The lowest BCUT2D eigenvalue weighted by Crippen LogP contribution is -2.61. The van der Waals surface area contributed by atoms with Gasteiger partial charge in [0.05, 0.1) is 25.4 Å². The number of aliphatic hydroxyl groups is 5. The second-order valence-corrected chi connectivity index (χ2v) is 23.2. The Kier molecular flexibility index (Phi) is 55.1. The van der Waals surface area contributed by atoms with Crippen LogP contribution in [0, 0.1) is 0 Å². The second-order valence-electron chi connectivity index (χ2n) is 23.2. The average Bonchev–Trinajstić information content (AvgIpc) is 3.68. The number of esters is 1. The number of allylic oxidation sites excluding steroid dienone is 15. The summed E-state index contributed by atoms with van der Waals surface area (Å²) >= 11 is 0. The van der Waals surface area contributed by atoms with Gasteiger partial charge in [-0.05, 0) is 109 Å². The van der Waals surface area contributed by atoms with E-state index in [1.165, 1.54) is 109 Å². The van der Waals surface area contributed by atoms with Crippen LogP contribution < -0.4 is 5.32 Å². The Morgan fingerprint density at radius 3 is 1.27 bits per heavy atom. The Balaban J connectivity index is 2.62. The third-order valence-electron chi connectivity index (χ3n) is 15.5. The highest BCUT2D eigenvalue weighted by Crippen LogP contribution is 2.26. The summed E-state index contributed by atoms with van der Waals surface area (Å²) in [6, 6.07) is -1.04. The predicted molar refractivity (Wildman–Crippen MR) is 347 cm³/mol. The lowest BCUT2D eigenvalue weighted by atomic mass is 9.99. The molecule has 0 spiro atoms. The van der Waals surface area contributed by atoms with Gasteiger partial charge in [0.2, 0.25) is 5.91 Å². The maximum absolute atomic E-state index is 13.5. The van der Waals surface area contributed by atoms with Crippen LogP contribution in [0.4, 0.5) is 0 Å². The molecule has 1 fully saturated rings. The first kappa shape index (κ1) is 77.6. The monoisotopic (exact) mass is 1160 g/mol. The van der Waals surface area contributed by atoms with Gasteiger partial charge in [-0.2, -0.15) is 0 Å². The molecule has 1 aliphatic rings. The standard InChI is InChI=1S/C72H125NO10/c1-4-7-10-13-16-19-22-24-26-28-30-32-33-34-36-38-40-42-45-48-51-54-57-60-67(77)83-70-69(79)68(78)66(61-74)82-72(70)81-62-63(64(75)58-55-52-49-46-43-21-18-15-12-9-6-3)73-71(80)65(76)59-56-53-50-47-44-41-39-37-35-31-29-27-25-23-20-17-14-11-8-5-2/h16-17,19-20,24-27,30-32,34-36,55,58,63-66,68-70,72,74-76,78-79H,4-15,18,21-23,28-29,33,37-54,56-57,59-62H2,1-3H3,(H,73,80)/b19-16-,20-17-,26-24-,27-25-,32-30-,35-31-,36-34-,58-55+. The van der Waals surface area contributed by atoms with Crippen molar-refractivity contribution in [3.63, 3.8) is 0 Å². The molecule has 0 aromatic rings. The molecule has 1 amide bonds. The van der Waals surface area contributed by atoms with E-state index in [0.29, 0.717) is 12.8 Å². The highest BCUT2D eigenvalue weighted by molar-refractivity contribution is 5.80. The lowest BCUT2D eigenvalue weighted by molar-refractivity contribution is -0.305. The van der Waals surface area contributed by atoms with Crippen LogP contribution in [0.3, 0.4) is 0 Å². The Morgan fingerprint density at radius 1 is 0.470 bits per heavy atom. The maximum atomic E-state index is 13.5. The van der Waals surface area contributed by atoms with Gasteiger partial charge in [0.25, 0.3) is 0 Å². The van der Waals surface area contributed by atoms with Crippen LogP contribution in [0.2, 0.25) is 0 Å². The van der Waals surface area contributed by atoms with E-state index in [2.05, 4.69) is 111 Å². The fraction of sp³-hybridized carbons (Fsp3) is 0.750. The molecule has 0 aromatic carbocycles. The van der Waals surface area contributed by atoms with Gasteiger partial charge >= 0.3 is 5.97 Å². The van der Waals surface area contributed by atoms with Gasteiger partial charge in [-0.3, -0.25) is 9.59 Å². The SMILES string of the molecule is CCCCC/C=C\C/C=C\C/C=C\C/C=C\CCCCCCCCCC(=O)OC1C(OCC(NC(=O)C(O)CCCCCCCCC/C=C\C/C=C\C/C=C\CCCCC)C(O)/C=C/CCCCCCCCCCC)OC(CO)C(O)C1O. The lowest BCUT2D eigenvalue weighted by Gasteiger charge is -2.41. The summed E-state index contributed by atoms with van der Waals surface area (Å²) in [6.07, 6.45) is 68.6. The molecule has 11 heteroatoms. The van der Waals surface area contributed by atoms with Crippen molar-refractivity contribution in [2.24, 2.45) is 0 Å². The number of carbonyl (C=O) groups is 2. The summed E-state index contributed by atoms with van der Waals surface area (Å²) in [5, 5.41) is 57.1.